The van der Waals surface area contributed by atoms with Crippen LogP contribution in [-0.4, -0.2) is 49.1 Å². The quantitative estimate of drug-likeness (QED) is 0.440. The van der Waals surface area contributed by atoms with Crippen molar-refractivity contribution in [2.45, 2.75) is 25.3 Å². The molecule has 4 aromatic rings. The largest absolute Gasteiger partial charge is 0.339 e. The Balaban J connectivity index is 1.25. The van der Waals surface area contributed by atoms with E-state index in [-0.39, 0.29) is 23.3 Å². The number of imidazole rings is 1. The summed E-state index contributed by atoms with van der Waals surface area (Å²) in [5.41, 5.74) is 2.01. The molecule has 0 unspecified atom stereocenters. The summed E-state index contributed by atoms with van der Waals surface area (Å²) >= 11 is 1.39. The number of hydrogen-bond acceptors (Lipinski definition) is 5. The van der Waals surface area contributed by atoms with Gasteiger partial charge in [-0.15, -0.1) is 11.3 Å². The van der Waals surface area contributed by atoms with E-state index in [0.29, 0.717) is 10.8 Å². The molecule has 3 aromatic heterocycles. The van der Waals surface area contributed by atoms with Crippen LogP contribution in [0.3, 0.4) is 0 Å². The maximum atomic E-state index is 13.1. The molecule has 2 fully saturated rings. The number of carbonyl (C=O) groups is 2. The lowest BCUT2D eigenvalue weighted by molar-refractivity contribution is -0.125. The predicted molar refractivity (Wildman–Crippen MR) is 131 cm³/mol. The molecule has 0 atom stereocenters. The first kappa shape index (κ1) is 20.9. The molecule has 1 saturated carbocycles. The zero-order chi connectivity index (χ0) is 23.3. The molecule has 0 radical (unpaired) electrons. The summed E-state index contributed by atoms with van der Waals surface area (Å²) in [5.74, 6) is 0.390. The monoisotopic (exact) mass is 472 g/mol. The van der Waals surface area contributed by atoms with Gasteiger partial charge in [0, 0.05) is 31.5 Å². The highest BCUT2D eigenvalue weighted by molar-refractivity contribution is 7.16. The second-order valence-corrected chi connectivity index (χ2v) is 10.2. The summed E-state index contributed by atoms with van der Waals surface area (Å²) in [4.78, 5) is 32.4. The van der Waals surface area contributed by atoms with Crippen molar-refractivity contribution < 1.29 is 9.59 Å². The van der Waals surface area contributed by atoms with Gasteiger partial charge in [-0.25, -0.2) is 9.67 Å². The van der Waals surface area contributed by atoms with Crippen molar-refractivity contribution in [2.75, 3.05) is 18.4 Å². The molecule has 0 bridgehead atoms. The highest BCUT2D eigenvalue weighted by Crippen LogP contribution is 2.55. The van der Waals surface area contributed by atoms with Crippen molar-refractivity contribution in [3.8, 4) is 5.00 Å². The number of fused-ring (bicyclic) bond motifs is 1. The lowest BCUT2D eigenvalue weighted by atomic mass is 9.65. The average Bonchev–Trinajstić information content (AvgIpc) is 3.62. The number of hydrogen-bond donors (Lipinski definition) is 1. The van der Waals surface area contributed by atoms with E-state index in [4.69, 9.17) is 4.98 Å². The maximum absolute atomic E-state index is 13.1. The van der Waals surface area contributed by atoms with E-state index < -0.39 is 0 Å². The lowest BCUT2D eigenvalue weighted by Crippen LogP contribution is -2.42. The molecule has 6 rings (SSSR count). The summed E-state index contributed by atoms with van der Waals surface area (Å²) in [7, 11) is 0. The number of likely N-dealkylation sites (tertiary alicyclic amines) is 1. The molecule has 2 aliphatic rings. The first-order valence-electron chi connectivity index (χ1n) is 11.3. The number of aromatic nitrogens is 4. The molecular weight excluding hydrogens is 448 g/mol. The fourth-order valence-corrected chi connectivity index (χ4v) is 6.19. The number of rotatable bonds is 5. The SMILES string of the molecule is C=CC(=O)N1CCC2(CC(n3c(NC(=O)c4ccc(-n5cccn5)s4)nc4ccccc43)C2)C1. The van der Waals surface area contributed by atoms with Gasteiger partial charge in [0.2, 0.25) is 11.9 Å². The minimum absolute atomic E-state index is 0.00628. The third-order valence-electron chi connectivity index (χ3n) is 6.99. The topological polar surface area (TPSA) is 85.0 Å². The van der Waals surface area contributed by atoms with E-state index in [1.165, 1.54) is 17.4 Å². The Kier molecular flexibility index (Phi) is 4.88. The van der Waals surface area contributed by atoms with E-state index in [1.54, 1.807) is 10.9 Å². The fraction of sp³-hybridized carbons (Fsp3) is 0.280. The van der Waals surface area contributed by atoms with Gasteiger partial charge in [0.1, 0.15) is 5.00 Å². The van der Waals surface area contributed by atoms with Crippen LogP contribution in [0.15, 0.2) is 67.5 Å². The van der Waals surface area contributed by atoms with Crippen molar-refractivity contribution in [1.29, 1.82) is 0 Å². The van der Waals surface area contributed by atoms with Crippen molar-refractivity contribution in [3.63, 3.8) is 0 Å². The van der Waals surface area contributed by atoms with Gasteiger partial charge < -0.3 is 9.47 Å². The smallest absolute Gasteiger partial charge is 0.268 e. The second-order valence-electron chi connectivity index (χ2n) is 9.11. The standard InChI is InChI=1S/C25H24N6O2S/c1-2-21(32)29-13-10-25(16-29)14-17(15-25)31-19-7-4-3-6-18(19)27-24(31)28-23(33)20-8-9-22(34-20)30-12-5-11-26-30/h2-9,11-12,17H,1,10,13-16H2,(H,27,28,33). The molecule has 1 aliphatic heterocycles. The van der Waals surface area contributed by atoms with Gasteiger partial charge in [-0.2, -0.15) is 5.10 Å². The summed E-state index contributed by atoms with van der Waals surface area (Å²) in [6, 6.07) is 13.8. The van der Waals surface area contributed by atoms with Crippen LogP contribution in [0.25, 0.3) is 16.0 Å². The summed E-state index contributed by atoms with van der Waals surface area (Å²) in [5, 5.41) is 8.17. The van der Waals surface area contributed by atoms with Crippen molar-refractivity contribution in [2.24, 2.45) is 5.41 Å². The number of nitrogens with one attached hydrogen (secondary N) is 1. The number of benzene rings is 1. The van der Waals surface area contributed by atoms with E-state index in [0.717, 1.165) is 48.4 Å². The van der Waals surface area contributed by atoms with E-state index in [2.05, 4.69) is 21.6 Å². The molecule has 1 saturated heterocycles. The summed E-state index contributed by atoms with van der Waals surface area (Å²) in [6.07, 6.45) is 7.88. The zero-order valence-electron chi connectivity index (χ0n) is 18.6. The molecule has 1 aliphatic carbocycles. The second kappa shape index (κ2) is 7.95. The van der Waals surface area contributed by atoms with Crippen LogP contribution in [0.4, 0.5) is 5.95 Å². The van der Waals surface area contributed by atoms with Gasteiger partial charge in [0.05, 0.1) is 15.9 Å². The van der Waals surface area contributed by atoms with Gasteiger partial charge in [-0.3, -0.25) is 14.9 Å². The van der Waals surface area contributed by atoms with Crippen LogP contribution in [0, 0.1) is 5.41 Å². The molecule has 172 valence electrons. The molecule has 1 spiro atoms. The third kappa shape index (κ3) is 3.43. The Morgan fingerprint density at radius 2 is 2.03 bits per heavy atom. The molecule has 1 aromatic carbocycles. The summed E-state index contributed by atoms with van der Waals surface area (Å²) < 4.78 is 3.91. The first-order chi connectivity index (χ1) is 16.5. The van der Waals surface area contributed by atoms with Gasteiger partial charge in [0.15, 0.2) is 0 Å². The number of amides is 2. The number of nitrogens with zero attached hydrogens (tertiary/aromatic N) is 5. The maximum Gasteiger partial charge on any atom is 0.268 e. The van der Waals surface area contributed by atoms with Crippen molar-refractivity contribution in [1.82, 2.24) is 24.2 Å². The van der Waals surface area contributed by atoms with Crippen molar-refractivity contribution in [3.05, 3.63) is 72.4 Å². The zero-order valence-corrected chi connectivity index (χ0v) is 19.4. The molecule has 34 heavy (non-hydrogen) atoms. The van der Waals surface area contributed by atoms with E-state index in [1.807, 2.05) is 53.6 Å². The highest BCUT2D eigenvalue weighted by atomic mass is 32.1. The Labute approximate surface area is 200 Å². The number of para-hydroxylation sites is 2. The van der Waals surface area contributed by atoms with Crippen LogP contribution in [0.1, 0.15) is 35.0 Å². The van der Waals surface area contributed by atoms with Crippen LogP contribution in [0.2, 0.25) is 0 Å². The number of carbonyl (C=O) groups excluding carboxylic acids is 2. The van der Waals surface area contributed by atoms with Gasteiger partial charge >= 0.3 is 0 Å². The molecule has 9 heteroatoms. The predicted octanol–water partition coefficient (Wildman–Crippen LogP) is 4.28. The average molecular weight is 473 g/mol. The molecule has 1 N–H and O–H groups in total. The van der Waals surface area contributed by atoms with Gasteiger partial charge in [0.25, 0.3) is 5.91 Å². The number of anilines is 1. The van der Waals surface area contributed by atoms with E-state index >= 15 is 0 Å². The van der Waals surface area contributed by atoms with Gasteiger partial charge in [-0.1, -0.05) is 18.7 Å². The molecular formula is C25H24N6O2S. The molecule has 8 nitrogen and oxygen atoms in total. The third-order valence-corrected chi connectivity index (χ3v) is 8.07. The normalized spacial score (nSPS) is 21.6. The Morgan fingerprint density at radius 1 is 1.18 bits per heavy atom. The Bertz CT molecular complexity index is 1400. The Hall–Kier alpha value is -3.72. The molecule has 2 amide bonds. The highest BCUT2D eigenvalue weighted by Gasteiger charge is 2.50. The lowest BCUT2D eigenvalue weighted by Gasteiger charge is -2.46. The van der Waals surface area contributed by atoms with Gasteiger partial charge in [-0.05, 0) is 61.1 Å². The minimum atomic E-state index is -0.183. The Morgan fingerprint density at radius 3 is 2.82 bits per heavy atom. The number of thiophene rings is 1. The van der Waals surface area contributed by atoms with Crippen LogP contribution in [-0.2, 0) is 4.79 Å². The fourth-order valence-electron chi connectivity index (χ4n) is 5.35. The first-order valence-corrected chi connectivity index (χ1v) is 12.2. The van der Waals surface area contributed by atoms with Crippen LogP contribution < -0.4 is 5.32 Å². The molecule has 4 heterocycles. The van der Waals surface area contributed by atoms with E-state index in [9.17, 15) is 9.59 Å². The minimum Gasteiger partial charge on any atom is -0.339 e. The summed E-state index contributed by atoms with van der Waals surface area (Å²) in [6.45, 7) is 5.17. The van der Waals surface area contributed by atoms with Crippen LogP contribution in [0.5, 0.6) is 0 Å². The van der Waals surface area contributed by atoms with Crippen LogP contribution >= 0.6 is 11.3 Å². The van der Waals surface area contributed by atoms with Crippen molar-refractivity contribution >= 4 is 40.1 Å².